The van der Waals surface area contributed by atoms with Crippen LogP contribution < -0.4 is 0 Å². The van der Waals surface area contributed by atoms with Crippen LogP contribution in [0, 0.1) is 17.3 Å². The number of phenols is 1. The minimum absolute atomic E-state index is 0.0265. The first-order valence-corrected chi connectivity index (χ1v) is 12.2. The monoisotopic (exact) mass is 421 g/mol. The third-order valence-corrected chi connectivity index (χ3v) is 8.57. The summed E-state index contributed by atoms with van der Waals surface area (Å²) in [6.45, 7) is 5.46. The maximum atomic E-state index is 13.0. The van der Waals surface area contributed by atoms with E-state index < -0.39 is 0 Å². The van der Waals surface area contributed by atoms with Crippen LogP contribution >= 0.6 is 0 Å². The van der Waals surface area contributed by atoms with Crippen LogP contribution in [0.5, 0.6) is 5.75 Å². The molecule has 5 rings (SSSR count). The summed E-state index contributed by atoms with van der Waals surface area (Å²) in [4.78, 5) is 15.1. The average molecular weight is 422 g/mol. The molecule has 1 aliphatic heterocycles. The number of phenolic OH excluding ortho intramolecular Hbond substituents is 1. The van der Waals surface area contributed by atoms with Crippen molar-refractivity contribution in [2.75, 3.05) is 6.54 Å². The summed E-state index contributed by atoms with van der Waals surface area (Å²) in [7, 11) is 0. The lowest BCUT2D eigenvalue weighted by Crippen LogP contribution is -2.45. The number of fused-ring (bicyclic) bond motifs is 5. The van der Waals surface area contributed by atoms with Crippen molar-refractivity contribution < 1.29 is 14.6 Å². The van der Waals surface area contributed by atoms with Gasteiger partial charge in [0.1, 0.15) is 11.9 Å². The highest BCUT2D eigenvalue weighted by Gasteiger charge is 2.56. The Bertz CT molecular complexity index is 919. The molecule has 4 aliphatic rings. The highest BCUT2D eigenvalue weighted by Crippen LogP contribution is 2.61. The van der Waals surface area contributed by atoms with Crippen LogP contribution in [-0.2, 0) is 16.0 Å². The number of carbonyl (C=O) groups excluding carboxylic acids is 1. The van der Waals surface area contributed by atoms with E-state index in [0.29, 0.717) is 29.9 Å². The lowest BCUT2D eigenvalue weighted by molar-refractivity contribution is -0.153. The van der Waals surface area contributed by atoms with Crippen molar-refractivity contribution in [3.05, 3.63) is 53.4 Å². The lowest BCUT2D eigenvalue weighted by atomic mass is 9.55. The number of allylic oxidation sites excluding steroid dienone is 1. The molecule has 166 valence electrons. The lowest BCUT2D eigenvalue weighted by Gasteiger charge is -2.50. The fourth-order valence-electron chi connectivity index (χ4n) is 7.06. The predicted molar refractivity (Wildman–Crippen MR) is 121 cm³/mol. The van der Waals surface area contributed by atoms with Gasteiger partial charge in [0.25, 0.3) is 0 Å². The fraction of sp³-hybridized carbons (Fsp3) is 0.593. The number of carbonyl (C=O) groups is 1. The first-order valence-electron chi connectivity index (χ1n) is 12.2. The number of benzene rings is 1. The van der Waals surface area contributed by atoms with Crippen molar-refractivity contribution in [2.24, 2.45) is 17.3 Å². The number of aromatic hydroxyl groups is 1. The van der Waals surface area contributed by atoms with E-state index in [4.69, 9.17) is 4.74 Å². The smallest absolute Gasteiger partial charge is 0.336 e. The molecule has 1 heterocycles. The Morgan fingerprint density at radius 1 is 1.26 bits per heavy atom. The van der Waals surface area contributed by atoms with Crippen LogP contribution in [0.2, 0.25) is 0 Å². The molecule has 4 heteroatoms. The van der Waals surface area contributed by atoms with Crippen LogP contribution in [0.4, 0.5) is 0 Å². The van der Waals surface area contributed by atoms with Gasteiger partial charge in [-0.2, -0.15) is 0 Å². The molecule has 0 radical (unpaired) electrons. The Morgan fingerprint density at radius 3 is 2.97 bits per heavy atom. The summed E-state index contributed by atoms with van der Waals surface area (Å²) >= 11 is 0. The zero-order chi connectivity index (χ0) is 21.6. The summed E-state index contributed by atoms with van der Waals surface area (Å²) in [5, 5.41) is 9.89. The van der Waals surface area contributed by atoms with Gasteiger partial charge in [0.15, 0.2) is 0 Å². The highest BCUT2D eigenvalue weighted by atomic mass is 16.5. The number of ether oxygens (including phenoxy) is 1. The maximum absolute atomic E-state index is 13.0. The topological polar surface area (TPSA) is 49.8 Å². The van der Waals surface area contributed by atoms with Crippen LogP contribution in [-0.4, -0.2) is 28.6 Å². The van der Waals surface area contributed by atoms with Crippen LogP contribution in [0.3, 0.4) is 0 Å². The van der Waals surface area contributed by atoms with Crippen molar-refractivity contribution in [3.8, 4) is 5.75 Å². The molecule has 0 spiro atoms. The Morgan fingerprint density at radius 2 is 2.13 bits per heavy atom. The summed E-state index contributed by atoms with van der Waals surface area (Å²) in [6.07, 6.45) is 14.5. The highest BCUT2D eigenvalue weighted by molar-refractivity contribution is 5.89. The summed E-state index contributed by atoms with van der Waals surface area (Å²) < 4.78 is 6.21. The molecule has 0 aromatic heterocycles. The van der Waals surface area contributed by atoms with Crippen molar-refractivity contribution in [3.63, 3.8) is 0 Å². The van der Waals surface area contributed by atoms with E-state index in [-0.39, 0.29) is 17.5 Å². The van der Waals surface area contributed by atoms with Crippen LogP contribution in [0.25, 0.3) is 0 Å². The standard InChI is InChI=1S/C27H35NO3/c1-3-14-28-15-4-5-19(17-28)26(30)31-25-11-10-24-23-8-6-18-16-20(29)7-9-21(18)22(23)12-13-27(24,25)2/h4,7,9,15-17,22-25,29H,3,5-6,8,10-14H2,1-2H3/t22-,23-,24+,25-,27+/m1/s1. The van der Waals surface area contributed by atoms with Crippen LogP contribution in [0.1, 0.15) is 75.8 Å². The molecule has 1 N–H and O–H groups in total. The number of nitrogens with zero attached hydrogens (tertiary/aromatic N) is 1. The quantitative estimate of drug-likeness (QED) is 0.636. The number of rotatable bonds is 4. The molecule has 31 heavy (non-hydrogen) atoms. The first kappa shape index (κ1) is 20.7. The molecule has 0 unspecified atom stereocenters. The molecule has 0 bridgehead atoms. The van der Waals surface area contributed by atoms with Crippen molar-refractivity contribution in [2.45, 2.75) is 77.2 Å². The van der Waals surface area contributed by atoms with Gasteiger partial charge in [0.05, 0.1) is 5.57 Å². The Balaban J connectivity index is 1.31. The molecule has 3 aliphatic carbocycles. The molecule has 5 atom stereocenters. The van der Waals surface area contributed by atoms with Crippen molar-refractivity contribution >= 4 is 5.97 Å². The molecule has 2 fully saturated rings. The van der Waals surface area contributed by atoms with Crippen molar-refractivity contribution in [1.82, 2.24) is 4.90 Å². The molecule has 1 aromatic carbocycles. The predicted octanol–water partition coefficient (Wildman–Crippen LogP) is 5.67. The van der Waals surface area contributed by atoms with E-state index >= 15 is 0 Å². The van der Waals surface area contributed by atoms with E-state index in [1.54, 1.807) is 0 Å². The summed E-state index contributed by atoms with van der Waals surface area (Å²) in [6, 6.07) is 5.97. The third-order valence-electron chi connectivity index (χ3n) is 8.57. The summed E-state index contributed by atoms with van der Waals surface area (Å²) in [5.74, 6) is 2.13. The van der Waals surface area contributed by atoms with E-state index in [1.807, 2.05) is 18.3 Å². The second-order valence-electron chi connectivity index (χ2n) is 10.3. The molecule has 0 saturated heterocycles. The van der Waals surface area contributed by atoms with Gasteiger partial charge in [-0.05, 0) is 92.2 Å². The second kappa shape index (κ2) is 8.03. The fourth-order valence-corrected chi connectivity index (χ4v) is 7.06. The Kier molecular flexibility index (Phi) is 5.35. The first-order chi connectivity index (χ1) is 15.0. The third kappa shape index (κ3) is 3.58. The molecular weight excluding hydrogens is 386 g/mol. The van der Waals surface area contributed by atoms with E-state index in [2.05, 4.69) is 37.1 Å². The average Bonchev–Trinajstić information content (AvgIpc) is 3.10. The molecule has 4 nitrogen and oxygen atoms in total. The molecule has 2 saturated carbocycles. The second-order valence-corrected chi connectivity index (χ2v) is 10.3. The normalized spacial score (nSPS) is 33.9. The van der Waals surface area contributed by atoms with Gasteiger partial charge < -0.3 is 14.7 Å². The van der Waals surface area contributed by atoms with Gasteiger partial charge in [0.2, 0.25) is 0 Å². The van der Waals surface area contributed by atoms with Gasteiger partial charge in [-0.3, -0.25) is 0 Å². The number of aryl methyl sites for hydroxylation is 1. The zero-order valence-electron chi connectivity index (χ0n) is 18.8. The Labute approximate surface area is 186 Å². The minimum atomic E-state index is -0.121. The van der Waals surface area contributed by atoms with E-state index in [0.717, 1.165) is 50.6 Å². The van der Waals surface area contributed by atoms with Gasteiger partial charge >= 0.3 is 5.97 Å². The van der Waals surface area contributed by atoms with Crippen molar-refractivity contribution in [1.29, 1.82) is 0 Å². The van der Waals surface area contributed by atoms with Gasteiger partial charge in [-0.1, -0.05) is 26.0 Å². The number of esters is 1. The van der Waals surface area contributed by atoms with E-state index in [1.165, 1.54) is 17.5 Å². The molecular formula is C27H35NO3. The number of hydrogen-bond acceptors (Lipinski definition) is 4. The van der Waals surface area contributed by atoms with Gasteiger partial charge in [0, 0.05) is 24.6 Å². The van der Waals surface area contributed by atoms with Crippen LogP contribution in [0.15, 0.2) is 42.2 Å². The van der Waals surface area contributed by atoms with Gasteiger partial charge in [-0.15, -0.1) is 0 Å². The van der Waals surface area contributed by atoms with E-state index in [9.17, 15) is 9.90 Å². The largest absolute Gasteiger partial charge is 0.508 e. The maximum Gasteiger partial charge on any atom is 0.336 e. The Hall–Kier alpha value is -2.23. The van der Waals surface area contributed by atoms with Gasteiger partial charge in [-0.25, -0.2) is 4.79 Å². The molecule has 1 aromatic rings. The molecule has 0 amide bonds. The number of hydrogen-bond donors (Lipinski definition) is 1. The zero-order valence-corrected chi connectivity index (χ0v) is 18.8. The SMILES string of the molecule is CCCN1C=CCC(C(=O)O[C@@H]2CC[C@H]3[C@@H]4CCc5cc(O)ccc5[C@H]4CC[C@]23C)=C1. The summed E-state index contributed by atoms with van der Waals surface area (Å²) in [5.41, 5.74) is 3.65. The minimum Gasteiger partial charge on any atom is -0.508 e.